The highest BCUT2D eigenvalue weighted by Crippen LogP contribution is 2.45. The summed E-state index contributed by atoms with van der Waals surface area (Å²) < 4.78 is 0. The Hall–Kier alpha value is -0.0400. The van der Waals surface area contributed by atoms with Crippen LogP contribution in [0.25, 0.3) is 0 Å². The molecule has 3 aliphatic carbocycles. The standard InChI is InChI=1S/C14H25N/c1-14(8-2-3-9-14)10-15-13(11-4-5-11)12-6-7-12/h11-13,15H,2-10H2,1H3. The molecule has 3 rings (SSSR count). The summed E-state index contributed by atoms with van der Waals surface area (Å²) >= 11 is 0. The van der Waals surface area contributed by atoms with E-state index >= 15 is 0 Å². The zero-order valence-corrected chi connectivity index (χ0v) is 10.1. The Bertz CT molecular complexity index is 209. The van der Waals surface area contributed by atoms with Gasteiger partial charge < -0.3 is 5.32 Å². The van der Waals surface area contributed by atoms with Gasteiger partial charge in [-0.1, -0.05) is 19.8 Å². The first kappa shape index (κ1) is 10.1. The van der Waals surface area contributed by atoms with E-state index in [1.54, 1.807) is 0 Å². The van der Waals surface area contributed by atoms with E-state index in [4.69, 9.17) is 0 Å². The van der Waals surface area contributed by atoms with Gasteiger partial charge in [-0.25, -0.2) is 0 Å². The smallest absolute Gasteiger partial charge is 0.0124 e. The zero-order valence-electron chi connectivity index (χ0n) is 10.1. The molecule has 0 aromatic rings. The van der Waals surface area contributed by atoms with Gasteiger partial charge in [0.1, 0.15) is 0 Å². The van der Waals surface area contributed by atoms with Crippen LogP contribution in [0.15, 0.2) is 0 Å². The number of nitrogens with one attached hydrogen (secondary N) is 1. The summed E-state index contributed by atoms with van der Waals surface area (Å²) in [5.74, 6) is 2.12. The van der Waals surface area contributed by atoms with Crippen LogP contribution in [0.4, 0.5) is 0 Å². The van der Waals surface area contributed by atoms with Gasteiger partial charge in [0, 0.05) is 12.6 Å². The van der Waals surface area contributed by atoms with E-state index in [1.165, 1.54) is 57.9 Å². The molecule has 0 amide bonds. The molecule has 0 radical (unpaired) electrons. The second kappa shape index (κ2) is 3.76. The van der Waals surface area contributed by atoms with Gasteiger partial charge in [-0.05, 0) is 55.8 Å². The Balaban J connectivity index is 1.50. The summed E-state index contributed by atoms with van der Waals surface area (Å²) in [5, 5.41) is 3.93. The van der Waals surface area contributed by atoms with E-state index in [2.05, 4.69) is 12.2 Å². The average molecular weight is 207 g/mol. The van der Waals surface area contributed by atoms with E-state index in [0.717, 1.165) is 17.9 Å². The lowest BCUT2D eigenvalue weighted by molar-refractivity contribution is 0.278. The van der Waals surface area contributed by atoms with Crippen molar-refractivity contribution in [1.82, 2.24) is 5.32 Å². The van der Waals surface area contributed by atoms with Crippen molar-refractivity contribution in [3.05, 3.63) is 0 Å². The largest absolute Gasteiger partial charge is 0.313 e. The minimum atomic E-state index is 0.641. The van der Waals surface area contributed by atoms with Crippen LogP contribution in [-0.2, 0) is 0 Å². The molecule has 0 aliphatic heterocycles. The topological polar surface area (TPSA) is 12.0 Å². The molecule has 0 aromatic heterocycles. The normalized spacial score (nSPS) is 30.0. The van der Waals surface area contributed by atoms with Crippen LogP contribution in [0, 0.1) is 17.3 Å². The number of rotatable bonds is 5. The van der Waals surface area contributed by atoms with Crippen molar-refractivity contribution in [3.63, 3.8) is 0 Å². The van der Waals surface area contributed by atoms with Crippen molar-refractivity contribution in [1.29, 1.82) is 0 Å². The molecule has 0 atom stereocenters. The summed E-state index contributed by atoms with van der Waals surface area (Å²) in [5.41, 5.74) is 0.641. The highest BCUT2D eigenvalue weighted by atomic mass is 15.0. The third-order valence-corrected chi connectivity index (χ3v) is 4.83. The van der Waals surface area contributed by atoms with Gasteiger partial charge in [-0.2, -0.15) is 0 Å². The van der Waals surface area contributed by atoms with Gasteiger partial charge in [-0.3, -0.25) is 0 Å². The van der Waals surface area contributed by atoms with E-state index in [-0.39, 0.29) is 0 Å². The monoisotopic (exact) mass is 207 g/mol. The lowest BCUT2D eigenvalue weighted by atomic mass is 9.88. The summed E-state index contributed by atoms with van der Waals surface area (Å²) in [7, 11) is 0. The minimum Gasteiger partial charge on any atom is -0.313 e. The quantitative estimate of drug-likeness (QED) is 0.729. The molecular weight excluding hydrogens is 182 g/mol. The Labute approximate surface area is 94.0 Å². The molecule has 0 spiro atoms. The fraction of sp³-hybridized carbons (Fsp3) is 1.00. The van der Waals surface area contributed by atoms with Crippen molar-refractivity contribution in [3.8, 4) is 0 Å². The van der Waals surface area contributed by atoms with Gasteiger partial charge in [0.15, 0.2) is 0 Å². The lowest BCUT2D eigenvalue weighted by Gasteiger charge is -2.28. The fourth-order valence-electron chi connectivity index (χ4n) is 3.40. The second-order valence-corrected chi connectivity index (χ2v) is 6.60. The maximum Gasteiger partial charge on any atom is 0.0124 e. The van der Waals surface area contributed by atoms with Crippen molar-refractivity contribution in [2.24, 2.45) is 17.3 Å². The Kier molecular flexibility index (Phi) is 2.54. The molecule has 0 heterocycles. The fourth-order valence-corrected chi connectivity index (χ4v) is 3.40. The highest BCUT2D eigenvalue weighted by molar-refractivity contribution is 4.97. The predicted octanol–water partition coefficient (Wildman–Crippen LogP) is 3.34. The summed E-state index contributed by atoms with van der Waals surface area (Å²) in [6, 6.07) is 0.905. The van der Waals surface area contributed by atoms with Gasteiger partial charge in [0.05, 0.1) is 0 Å². The van der Waals surface area contributed by atoms with Gasteiger partial charge in [-0.15, -0.1) is 0 Å². The molecule has 0 aromatic carbocycles. The van der Waals surface area contributed by atoms with E-state index in [0.29, 0.717) is 5.41 Å². The average Bonchev–Trinajstić information content (AvgIpc) is 3.09. The third kappa shape index (κ3) is 2.38. The molecule has 15 heavy (non-hydrogen) atoms. The van der Waals surface area contributed by atoms with Crippen molar-refractivity contribution < 1.29 is 0 Å². The Morgan fingerprint density at radius 3 is 2.07 bits per heavy atom. The summed E-state index contributed by atoms with van der Waals surface area (Å²) in [4.78, 5) is 0. The van der Waals surface area contributed by atoms with Crippen LogP contribution in [0.2, 0.25) is 0 Å². The molecule has 3 fully saturated rings. The molecule has 86 valence electrons. The summed E-state index contributed by atoms with van der Waals surface area (Å²) in [6.07, 6.45) is 11.9. The van der Waals surface area contributed by atoms with Crippen LogP contribution in [0.3, 0.4) is 0 Å². The van der Waals surface area contributed by atoms with Crippen molar-refractivity contribution >= 4 is 0 Å². The lowest BCUT2D eigenvalue weighted by Crippen LogP contribution is -2.39. The van der Waals surface area contributed by atoms with Crippen molar-refractivity contribution in [2.75, 3.05) is 6.54 Å². The molecule has 0 saturated heterocycles. The molecule has 3 saturated carbocycles. The second-order valence-electron chi connectivity index (χ2n) is 6.60. The Morgan fingerprint density at radius 1 is 1.07 bits per heavy atom. The van der Waals surface area contributed by atoms with Crippen LogP contribution >= 0.6 is 0 Å². The molecule has 0 unspecified atom stereocenters. The van der Waals surface area contributed by atoms with Crippen LogP contribution in [-0.4, -0.2) is 12.6 Å². The Morgan fingerprint density at radius 2 is 1.60 bits per heavy atom. The molecule has 1 heteroatoms. The van der Waals surface area contributed by atoms with Gasteiger partial charge in [0.2, 0.25) is 0 Å². The highest BCUT2D eigenvalue weighted by Gasteiger charge is 2.42. The zero-order chi connectivity index (χ0) is 10.3. The molecule has 0 bridgehead atoms. The van der Waals surface area contributed by atoms with Gasteiger partial charge >= 0.3 is 0 Å². The maximum absolute atomic E-state index is 3.93. The van der Waals surface area contributed by atoms with Gasteiger partial charge in [0.25, 0.3) is 0 Å². The first-order chi connectivity index (χ1) is 7.27. The molecule has 3 aliphatic rings. The van der Waals surface area contributed by atoms with Crippen LogP contribution < -0.4 is 5.32 Å². The van der Waals surface area contributed by atoms with E-state index in [9.17, 15) is 0 Å². The molecular formula is C14H25N. The number of hydrogen-bond donors (Lipinski definition) is 1. The third-order valence-electron chi connectivity index (χ3n) is 4.83. The maximum atomic E-state index is 3.93. The van der Waals surface area contributed by atoms with Crippen LogP contribution in [0.5, 0.6) is 0 Å². The summed E-state index contributed by atoms with van der Waals surface area (Å²) in [6.45, 7) is 3.79. The van der Waals surface area contributed by atoms with E-state index < -0.39 is 0 Å². The minimum absolute atomic E-state index is 0.641. The van der Waals surface area contributed by atoms with Crippen LogP contribution in [0.1, 0.15) is 58.3 Å². The predicted molar refractivity (Wildman–Crippen MR) is 63.8 cm³/mol. The molecule has 1 nitrogen and oxygen atoms in total. The molecule has 1 N–H and O–H groups in total. The first-order valence-corrected chi connectivity index (χ1v) is 7.00. The number of hydrogen-bond acceptors (Lipinski definition) is 1. The SMILES string of the molecule is CC1(CNC(C2CC2)C2CC2)CCCC1. The van der Waals surface area contributed by atoms with Crippen molar-refractivity contribution in [2.45, 2.75) is 64.3 Å². The van der Waals surface area contributed by atoms with E-state index in [1.807, 2.05) is 0 Å². The first-order valence-electron chi connectivity index (χ1n) is 7.00.